The molecule has 4 nitrogen and oxygen atoms in total. The number of rotatable bonds is 6. The molecule has 1 aliphatic heterocycles. The minimum absolute atomic E-state index is 0.1000. The van der Waals surface area contributed by atoms with Gasteiger partial charge in [-0.2, -0.15) is 0 Å². The van der Waals surface area contributed by atoms with Crippen LogP contribution in [0.2, 0.25) is 5.02 Å². The normalized spacial score (nSPS) is 18.2. The highest BCUT2D eigenvalue weighted by Gasteiger charge is 2.19. The van der Waals surface area contributed by atoms with Gasteiger partial charge in [-0.25, -0.2) is 0 Å². The Bertz CT molecular complexity index is 513. The van der Waals surface area contributed by atoms with Gasteiger partial charge in [0.05, 0.1) is 5.56 Å². The molecule has 1 saturated heterocycles. The van der Waals surface area contributed by atoms with Crippen LogP contribution < -0.4 is 4.74 Å². The van der Waals surface area contributed by atoms with Crippen molar-refractivity contribution >= 4 is 17.4 Å². The summed E-state index contributed by atoms with van der Waals surface area (Å²) in [5.41, 5.74) is 0.450. The Balaban J connectivity index is 1.86. The molecule has 1 N–H and O–H groups in total. The third-order valence-electron chi connectivity index (χ3n) is 4.10. The van der Waals surface area contributed by atoms with Gasteiger partial charge < -0.3 is 14.7 Å². The Hall–Kier alpha value is -1.10. The number of likely N-dealkylation sites (tertiary alicyclic amines) is 1. The monoisotopic (exact) mass is 325 g/mol. The molecule has 1 aliphatic rings. The zero-order valence-electron chi connectivity index (χ0n) is 13.2. The van der Waals surface area contributed by atoms with Crippen molar-refractivity contribution in [3.8, 4) is 5.75 Å². The fourth-order valence-corrected chi connectivity index (χ4v) is 2.86. The largest absolute Gasteiger partial charge is 0.490 e. The van der Waals surface area contributed by atoms with E-state index in [0.29, 0.717) is 22.9 Å². The van der Waals surface area contributed by atoms with Gasteiger partial charge in [-0.15, -0.1) is 0 Å². The molecule has 0 spiro atoms. The summed E-state index contributed by atoms with van der Waals surface area (Å²) in [5.74, 6) is 1.15. The number of aliphatic hydroxyl groups excluding tert-OH is 1. The van der Waals surface area contributed by atoms with E-state index >= 15 is 0 Å². The summed E-state index contributed by atoms with van der Waals surface area (Å²) in [6, 6.07) is 4.95. The molecular weight excluding hydrogens is 302 g/mol. The number of ether oxygens (including phenoxy) is 1. The number of carbonyl (C=O) groups is 1. The van der Waals surface area contributed by atoms with E-state index in [-0.39, 0.29) is 12.4 Å². The van der Waals surface area contributed by atoms with Crippen LogP contribution in [-0.2, 0) is 0 Å². The van der Waals surface area contributed by atoms with Crippen molar-refractivity contribution in [1.29, 1.82) is 0 Å². The molecule has 1 unspecified atom stereocenters. The van der Waals surface area contributed by atoms with E-state index in [1.807, 2.05) is 0 Å². The summed E-state index contributed by atoms with van der Waals surface area (Å²) in [6.45, 7) is 6.57. The SMILES string of the molecule is CC(=O)c1cc(Cl)ccc1OCC(O)CN1CCC(C)CC1. The average molecular weight is 326 g/mol. The summed E-state index contributed by atoms with van der Waals surface area (Å²) in [5, 5.41) is 10.6. The minimum Gasteiger partial charge on any atom is -0.490 e. The zero-order chi connectivity index (χ0) is 16.1. The Labute approximate surface area is 137 Å². The van der Waals surface area contributed by atoms with Crippen molar-refractivity contribution < 1.29 is 14.6 Å². The van der Waals surface area contributed by atoms with E-state index in [0.717, 1.165) is 19.0 Å². The van der Waals surface area contributed by atoms with Gasteiger partial charge >= 0.3 is 0 Å². The lowest BCUT2D eigenvalue weighted by molar-refractivity contribution is 0.0558. The van der Waals surface area contributed by atoms with Crippen molar-refractivity contribution in [2.45, 2.75) is 32.8 Å². The third-order valence-corrected chi connectivity index (χ3v) is 4.33. The summed E-state index contributed by atoms with van der Waals surface area (Å²) in [7, 11) is 0. The molecule has 0 aliphatic carbocycles. The summed E-state index contributed by atoms with van der Waals surface area (Å²) >= 11 is 5.90. The number of Topliss-reactive ketones (excluding diaryl/α,β-unsaturated/α-hetero) is 1. The van der Waals surface area contributed by atoms with E-state index in [9.17, 15) is 9.90 Å². The van der Waals surface area contributed by atoms with Crippen molar-refractivity contribution in [3.63, 3.8) is 0 Å². The van der Waals surface area contributed by atoms with Crippen LogP contribution in [0.15, 0.2) is 18.2 Å². The van der Waals surface area contributed by atoms with Gasteiger partial charge in [0.1, 0.15) is 18.5 Å². The maximum atomic E-state index is 11.6. The molecule has 1 aromatic carbocycles. The number of benzene rings is 1. The van der Waals surface area contributed by atoms with Crippen LogP contribution in [0.4, 0.5) is 0 Å². The zero-order valence-corrected chi connectivity index (χ0v) is 14.0. The highest BCUT2D eigenvalue weighted by atomic mass is 35.5. The standard InChI is InChI=1S/C17H24ClNO3/c1-12-5-7-19(8-6-12)10-15(21)11-22-17-4-3-14(18)9-16(17)13(2)20/h3-4,9,12,15,21H,5-8,10-11H2,1-2H3. The van der Waals surface area contributed by atoms with Crippen LogP contribution in [0.5, 0.6) is 5.75 Å². The van der Waals surface area contributed by atoms with Gasteiger partial charge in [0.25, 0.3) is 0 Å². The second-order valence-corrected chi connectivity index (χ2v) is 6.58. The van der Waals surface area contributed by atoms with Crippen LogP contribution in [0.25, 0.3) is 0 Å². The van der Waals surface area contributed by atoms with Crippen molar-refractivity contribution in [3.05, 3.63) is 28.8 Å². The number of ketones is 1. The average Bonchev–Trinajstić information content (AvgIpc) is 2.48. The molecule has 0 aromatic heterocycles. The molecule has 22 heavy (non-hydrogen) atoms. The third kappa shape index (κ3) is 4.97. The van der Waals surface area contributed by atoms with Gasteiger partial charge in [0, 0.05) is 11.6 Å². The van der Waals surface area contributed by atoms with Gasteiger partial charge in [-0.05, 0) is 57.0 Å². The maximum Gasteiger partial charge on any atom is 0.163 e. The molecule has 0 amide bonds. The fraction of sp³-hybridized carbons (Fsp3) is 0.588. The van der Waals surface area contributed by atoms with Crippen LogP contribution >= 0.6 is 11.6 Å². The predicted molar refractivity (Wildman–Crippen MR) is 87.8 cm³/mol. The molecule has 0 saturated carbocycles. The van der Waals surface area contributed by atoms with Crippen LogP contribution in [0, 0.1) is 5.92 Å². The van der Waals surface area contributed by atoms with E-state index in [2.05, 4.69) is 11.8 Å². The van der Waals surface area contributed by atoms with E-state index in [1.165, 1.54) is 19.8 Å². The molecular formula is C17H24ClNO3. The maximum absolute atomic E-state index is 11.6. The lowest BCUT2D eigenvalue weighted by Gasteiger charge is -2.31. The first kappa shape index (κ1) is 17.3. The summed E-state index contributed by atoms with van der Waals surface area (Å²) in [4.78, 5) is 13.9. The second kappa shape index (κ2) is 7.95. The van der Waals surface area contributed by atoms with Crippen LogP contribution in [0.1, 0.15) is 37.0 Å². The van der Waals surface area contributed by atoms with Gasteiger partial charge in [-0.1, -0.05) is 18.5 Å². The number of β-amino-alcohol motifs (C(OH)–C–C–N with tert-alkyl or cyclic N) is 1. The Morgan fingerprint density at radius 3 is 2.77 bits per heavy atom. The lowest BCUT2D eigenvalue weighted by atomic mass is 9.99. The number of hydrogen-bond donors (Lipinski definition) is 1. The van der Waals surface area contributed by atoms with Gasteiger partial charge in [-0.3, -0.25) is 4.79 Å². The summed E-state index contributed by atoms with van der Waals surface area (Å²) in [6.07, 6.45) is 1.79. The number of nitrogens with zero attached hydrogens (tertiary/aromatic N) is 1. The fourth-order valence-electron chi connectivity index (χ4n) is 2.68. The molecule has 2 rings (SSSR count). The topological polar surface area (TPSA) is 49.8 Å². The smallest absolute Gasteiger partial charge is 0.163 e. The highest BCUT2D eigenvalue weighted by molar-refractivity contribution is 6.31. The number of aliphatic hydroxyl groups is 1. The van der Waals surface area contributed by atoms with Gasteiger partial charge in [0.2, 0.25) is 0 Å². The molecule has 5 heteroatoms. The Morgan fingerprint density at radius 1 is 1.45 bits per heavy atom. The number of piperidine rings is 1. The molecule has 1 atom stereocenters. The predicted octanol–water partition coefficient (Wildman–Crippen LogP) is 3.01. The van der Waals surface area contributed by atoms with Crippen molar-refractivity contribution in [2.75, 3.05) is 26.2 Å². The van der Waals surface area contributed by atoms with Crippen molar-refractivity contribution in [2.24, 2.45) is 5.92 Å². The summed E-state index contributed by atoms with van der Waals surface area (Å²) < 4.78 is 5.62. The minimum atomic E-state index is -0.566. The van der Waals surface area contributed by atoms with E-state index in [1.54, 1.807) is 18.2 Å². The Morgan fingerprint density at radius 2 is 2.14 bits per heavy atom. The molecule has 122 valence electrons. The van der Waals surface area contributed by atoms with E-state index in [4.69, 9.17) is 16.3 Å². The first-order chi connectivity index (χ1) is 10.5. The first-order valence-electron chi connectivity index (χ1n) is 7.79. The van der Waals surface area contributed by atoms with Crippen LogP contribution in [0.3, 0.4) is 0 Å². The highest BCUT2D eigenvalue weighted by Crippen LogP contribution is 2.23. The molecule has 1 aromatic rings. The number of hydrogen-bond acceptors (Lipinski definition) is 4. The number of halogens is 1. The number of carbonyl (C=O) groups excluding carboxylic acids is 1. The molecule has 0 radical (unpaired) electrons. The van der Waals surface area contributed by atoms with Crippen molar-refractivity contribution in [1.82, 2.24) is 4.90 Å². The van der Waals surface area contributed by atoms with Crippen LogP contribution in [-0.4, -0.2) is 48.1 Å². The molecule has 1 fully saturated rings. The molecule has 0 bridgehead atoms. The second-order valence-electron chi connectivity index (χ2n) is 6.14. The Kier molecular flexibility index (Phi) is 6.24. The quantitative estimate of drug-likeness (QED) is 0.817. The van der Waals surface area contributed by atoms with E-state index < -0.39 is 6.10 Å². The molecule has 1 heterocycles. The van der Waals surface area contributed by atoms with Gasteiger partial charge in [0.15, 0.2) is 5.78 Å². The lowest BCUT2D eigenvalue weighted by Crippen LogP contribution is -2.40. The first-order valence-corrected chi connectivity index (χ1v) is 8.17.